The van der Waals surface area contributed by atoms with Crippen molar-refractivity contribution in [3.05, 3.63) is 30.3 Å². The van der Waals surface area contributed by atoms with Crippen molar-refractivity contribution in [2.75, 3.05) is 0 Å². The fraction of sp³-hybridized carbons (Fsp3) is 0.300. The Morgan fingerprint density at radius 3 is 2.50 bits per heavy atom. The summed E-state index contributed by atoms with van der Waals surface area (Å²) < 4.78 is 23.5. The molecule has 0 radical (unpaired) electrons. The summed E-state index contributed by atoms with van der Waals surface area (Å²) in [6.07, 6.45) is -2.81. The van der Waals surface area contributed by atoms with E-state index in [1.54, 1.807) is 12.1 Å². The lowest BCUT2D eigenvalue weighted by Crippen LogP contribution is -1.97. The molecule has 1 aromatic carbocycles. The lowest BCUT2D eigenvalue weighted by Gasteiger charge is -1.99. The zero-order chi connectivity index (χ0) is 10.4. The standard InChI is InChI=1S/C10H10F2OS/c11-9(12)6-7-10(13)14-8-4-2-1-3-5-8/h1-5,9H,6-7H2. The van der Waals surface area contributed by atoms with Crippen molar-refractivity contribution in [1.82, 2.24) is 0 Å². The second-order valence-corrected chi connectivity index (χ2v) is 3.85. The van der Waals surface area contributed by atoms with E-state index in [2.05, 4.69) is 0 Å². The number of hydrogen-bond acceptors (Lipinski definition) is 2. The molecule has 0 amide bonds. The second-order valence-electron chi connectivity index (χ2n) is 2.72. The van der Waals surface area contributed by atoms with Crippen molar-refractivity contribution in [2.24, 2.45) is 0 Å². The molecule has 0 aliphatic rings. The van der Waals surface area contributed by atoms with Gasteiger partial charge in [-0.25, -0.2) is 8.78 Å². The van der Waals surface area contributed by atoms with Crippen molar-refractivity contribution in [2.45, 2.75) is 24.2 Å². The highest BCUT2D eigenvalue weighted by molar-refractivity contribution is 8.13. The number of carbonyl (C=O) groups excluding carboxylic acids is 1. The maximum Gasteiger partial charge on any atom is 0.239 e. The van der Waals surface area contributed by atoms with Crippen LogP contribution in [0.4, 0.5) is 8.78 Å². The fourth-order valence-corrected chi connectivity index (χ4v) is 1.67. The third kappa shape index (κ3) is 4.37. The molecular formula is C10H10F2OS. The molecule has 0 N–H and O–H groups in total. The lowest BCUT2D eigenvalue weighted by atomic mass is 10.3. The minimum Gasteiger partial charge on any atom is -0.287 e. The topological polar surface area (TPSA) is 17.1 Å². The molecule has 0 saturated carbocycles. The Hall–Kier alpha value is -0.900. The zero-order valence-electron chi connectivity index (χ0n) is 7.45. The number of thioether (sulfide) groups is 1. The summed E-state index contributed by atoms with van der Waals surface area (Å²) in [5.41, 5.74) is 0. The van der Waals surface area contributed by atoms with Crippen molar-refractivity contribution in [1.29, 1.82) is 0 Å². The Morgan fingerprint density at radius 1 is 1.29 bits per heavy atom. The Morgan fingerprint density at radius 2 is 1.93 bits per heavy atom. The third-order valence-electron chi connectivity index (χ3n) is 1.54. The molecule has 0 aliphatic carbocycles. The predicted octanol–water partition coefficient (Wildman–Crippen LogP) is 3.35. The Labute approximate surface area is 85.5 Å². The van der Waals surface area contributed by atoms with Crippen LogP contribution in [0, 0.1) is 0 Å². The summed E-state index contributed by atoms with van der Waals surface area (Å²) >= 11 is 1.01. The van der Waals surface area contributed by atoms with E-state index in [0.29, 0.717) is 0 Å². The van der Waals surface area contributed by atoms with Crippen molar-refractivity contribution in [3.8, 4) is 0 Å². The van der Waals surface area contributed by atoms with Crippen LogP contribution in [-0.2, 0) is 4.79 Å². The number of halogens is 2. The predicted molar refractivity (Wildman–Crippen MR) is 52.5 cm³/mol. The largest absolute Gasteiger partial charge is 0.287 e. The van der Waals surface area contributed by atoms with E-state index in [-0.39, 0.29) is 18.0 Å². The van der Waals surface area contributed by atoms with Crippen LogP contribution in [0.1, 0.15) is 12.8 Å². The molecule has 0 unspecified atom stereocenters. The van der Waals surface area contributed by atoms with E-state index in [1.165, 1.54) is 0 Å². The van der Waals surface area contributed by atoms with Crippen molar-refractivity contribution < 1.29 is 13.6 Å². The fourth-order valence-electron chi connectivity index (χ4n) is 0.898. The van der Waals surface area contributed by atoms with Crippen LogP contribution in [0.3, 0.4) is 0 Å². The third-order valence-corrected chi connectivity index (χ3v) is 2.48. The van der Waals surface area contributed by atoms with Gasteiger partial charge < -0.3 is 0 Å². The number of carbonyl (C=O) groups is 1. The normalized spacial score (nSPS) is 10.5. The van der Waals surface area contributed by atoms with Crippen LogP contribution in [0.5, 0.6) is 0 Å². The van der Waals surface area contributed by atoms with Crippen molar-refractivity contribution >= 4 is 16.9 Å². The molecule has 0 saturated heterocycles. The number of rotatable bonds is 4. The number of hydrogen-bond donors (Lipinski definition) is 0. The summed E-state index contributed by atoms with van der Waals surface area (Å²) in [4.78, 5) is 11.9. The van der Waals surface area contributed by atoms with Gasteiger partial charge in [-0.2, -0.15) is 0 Å². The molecule has 1 rings (SSSR count). The first-order valence-electron chi connectivity index (χ1n) is 4.22. The zero-order valence-corrected chi connectivity index (χ0v) is 8.27. The van der Waals surface area contributed by atoms with Gasteiger partial charge in [0.2, 0.25) is 6.43 Å². The van der Waals surface area contributed by atoms with Gasteiger partial charge in [0.25, 0.3) is 0 Å². The first kappa shape index (κ1) is 11.2. The SMILES string of the molecule is O=C(CCC(F)F)Sc1ccccc1. The van der Waals surface area contributed by atoms with E-state index >= 15 is 0 Å². The second kappa shape index (κ2) is 5.75. The summed E-state index contributed by atoms with van der Waals surface area (Å²) in [6.45, 7) is 0. The molecule has 0 atom stereocenters. The first-order chi connectivity index (χ1) is 6.68. The molecule has 14 heavy (non-hydrogen) atoms. The van der Waals surface area contributed by atoms with Gasteiger partial charge in [-0.3, -0.25) is 4.79 Å². The Balaban J connectivity index is 2.35. The monoisotopic (exact) mass is 216 g/mol. The number of benzene rings is 1. The van der Waals surface area contributed by atoms with E-state index in [9.17, 15) is 13.6 Å². The summed E-state index contributed by atoms with van der Waals surface area (Å²) in [6, 6.07) is 9.02. The quantitative estimate of drug-likeness (QED) is 0.718. The highest BCUT2D eigenvalue weighted by Crippen LogP contribution is 2.20. The van der Waals surface area contributed by atoms with E-state index in [0.717, 1.165) is 16.7 Å². The summed E-state index contributed by atoms with van der Waals surface area (Å²) in [5.74, 6) is 0. The molecular weight excluding hydrogens is 206 g/mol. The molecule has 0 aliphatic heterocycles. The van der Waals surface area contributed by atoms with Gasteiger partial charge in [-0.15, -0.1) is 0 Å². The molecule has 4 heteroatoms. The molecule has 1 nitrogen and oxygen atoms in total. The van der Waals surface area contributed by atoms with E-state index < -0.39 is 6.43 Å². The average Bonchev–Trinajstić information content (AvgIpc) is 2.16. The molecule has 0 heterocycles. The van der Waals surface area contributed by atoms with Crippen LogP contribution >= 0.6 is 11.8 Å². The first-order valence-corrected chi connectivity index (χ1v) is 5.04. The minimum atomic E-state index is -2.39. The Bertz CT molecular complexity index is 287. The summed E-state index contributed by atoms with van der Waals surface area (Å²) in [7, 11) is 0. The summed E-state index contributed by atoms with van der Waals surface area (Å²) in [5, 5.41) is -0.212. The van der Waals surface area contributed by atoms with Crippen LogP contribution < -0.4 is 0 Å². The highest BCUT2D eigenvalue weighted by Gasteiger charge is 2.08. The lowest BCUT2D eigenvalue weighted by molar-refractivity contribution is -0.111. The van der Waals surface area contributed by atoms with Gasteiger partial charge in [-0.05, 0) is 12.1 Å². The van der Waals surface area contributed by atoms with Gasteiger partial charge in [0.15, 0.2) is 5.12 Å². The van der Waals surface area contributed by atoms with Crippen molar-refractivity contribution in [3.63, 3.8) is 0 Å². The smallest absolute Gasteiger partial charge is 0.239 e. The molecule has 0 bridgehead atoms. The van der Waals surface area contributed by atoms with Gasteiger partial charge in [0, 0.05) is 17.7 Å². The minimum absolute atomic E-state index is 0.0722. The Kier molecular flexibility index (Phi) is 4.59. The number of alkyl halides is 2. The van der Waals surface area contributed by atoms with Crippen LogP contribution in [-0.4, -0.2) is 11.5 Å². The van der Waals surface area contributed by atoms with Crippen LogP contribution in [0.15, 0.2) is 35.2 Å². The maximum atomic E-state index is 11.8. The van der Waals surface area contributed by atoms with Gasteiger partial charge in [0.1, 0.15) is 0 Å². The van der Waals surface area contributed by atoms with Gasteiger partial charge in [0.05, 0.1) is 0 Å². The van der Waals surface area contributed by atoms with Crippen LogP contribution in [0.25, 0.3) is 0 Å². The molecule has 76 valence electrons. The molecule has 0 spiro atoms. The van der Waals surface area contributed by atoms with Gasteiger partial charge in [-0.1, -0.05) is 30.0 Å². The molecule has 0 fully saturated rings. The average molecular weight is 216 g/mol. The van der Waals surface area contributed by atoms with Gasteiger partial charge >= 0.3 is 0 Å². The van der Waals surface area contributed by atoms with E-state index in [4.69, 9.17) is 0 Å². The van der Waals surface area contributed by atoms with E-state index in [1.807, 2.05) is 18.2 Å². The maximum absolute atomic E-state index is 11.8. The molecule has 1 aromatic rings. The van der Waals surface area contributed by atoms with Crippen LogP contribution in [0.2, 0.25) is 0 Å². The highest BCUT2D eigenvalue weighted by atomic mass is 32.2. The molecule has 0 aromatic heterocycles.